The summed E-state index contributed by atoms with van der Waals surface area (Å²) in [6.07, 6.45) is 1.26. The van der Waals surface area contributed by atoms with Crippen LogP contribution in [0.25, 0.3) is 0 Å². The molecule has 0 aliphatic carbocycles. The van der Waals surface area contributed by atoms with Crippen LogP contribution in [-0.2, 0) is 47.8 Å². The minimum Gasteiger partial charge on any atom is -0.507 e. The average molecular weight is 561 g/mol. The van der Waals surface area contributed by atoms with Crippen molar-refractivity contribution in [3.63, 3.8) is 0 Å². The number of hydrogen-bond acceptors (Lipinski definition) is 8. The van der Waals surface area contributed by atoms with Crippen molar-refractivity contribution in [2.75, 3.05) is 19.8 Å². The van der Waals surface area contributed by atoms with Gasteiger partial charge in [-0.25, -0.2) is 4.79 Å². The van der Waals surface area contributed by atoms with Crippen LogP contribution in [0.5, 0.6) is 11.5 Å². The lowest BCUT2D eigenvalue weighted by molar-refractivity contribution is -0.275. The molecule has 0 atom stereocenters. The summed E-state index contributed by atoms with van der Waals surface area (Å²) in [4.78, 5) is 33.8. The van der Waals surface area contributed by atoms with Crippen molar-refractivity contribution in [2.45, 2.75) is 98.8 Å². The Bertz CT molecular complexity index is 1040. The third-order valence-electron chi connectivity index (χ3n) is 6.15. The number of aliphatic hydroxyl groups is 1. The fourth-order valence-electron chi connectivity index (χ4n) is 4.04. The highest BCUT2D eigenvalue weighted by Crippen LogP contribution is 2.35. The zero-order valence-corrected chi connectivity index (χ0v) is 25.6. The summed E-state index contributed by atoms with van der Waals surface area (Å²) in [7, 11) is 0. The van der Waals surface area contributed by atoms with Crippen LogP contribution >= 0.6 is 0 Å². The second-order valence-corrected chi connectivity index (χ2v) is 11.9. The van der Waals surface area contributed by atoms with Crippen molar-refractivity contribution < 1.29 is 39.4 Å². The second kappa shape index (κ2) is 15.6. The minimum atomic E-state index is -0.522. The van der Waals surface area contributed by atoms with Crippen LogP contribution in [0.2, 0.25) is 0 Å². The van der Waals surface area contributed by atoms with Crippen molar-refractivity contribution in [1.82, 2.24) is 0 Å². The molecule has 8 nitrogen and oxygen atoms in total. The lowest BCUT2D eigenvalue weighted by atomic mass is 9.83. The van der Waals surface area contributed by atoms with Gasteiger partial charge in [0.2, 0.25) is 0 Å². The molecule has 0 saturated carbocycles. The molecule has 0 saturated heterocycles. The number of carbonyl (C=O) groups excluding carboxylic acids is 2. The predicted molar refractivity (Wildman–Crippen MR) is 155 cm³/mol. The molecule has 0 unspecified atom stereocenters. The van der Waals surface area contributed by atoms with E-state index < -0.39 is 5.97 Å². The molecule has 0 aliphatic heterocycles. The maximum Gasteiger partial charge on any atom is 0.342 e. The van der Waals surface area contributed by atoms with Gasteiger partial charge in [0.25, 0.3) is 0 Å². The van der Waals surface area contributed by atoms with Gasteiger partial charge in [0.15, 0.2) is 0 Å². The number of rotatable bonds is 10. The molecule has 0 aromatic heterocycles. The Morgan fingerprint density at radius 3 is 1.52 bits per heavy atom. The van der Waals surface area contributed by atoms with E-state index >= 15 is 0 Å². The fourth-order valence-corrected chi connectivity index (χ4v) is 4.04. The summed E-state index contributed by atoms with van der Waals surface area (Å²) in [6.45, 7) is 17.7. The Hall–Kier alpha value is -3.10. The number of benzene rings is 2. The molecule has 0 spiro atoms. The average Bonchev–Trinajstić information content (AvgIpc) is 2.84. The van der Waals surface area contributed by atoms with Crippen LogP contribution in [0.1, 0.15) is 94.7 Å². The molecular weight excluding hydrogens is 512 g/mol. The largest absolute Gasteiger partial charge is 0.507 e. The van der Waals surface area contributed by atoms with Gasteiger partial charge in [-0.1, -0.05) is 65.8 Å². The van der Waals surface area contributed by atoms with Crippen LogP contribution in [0.15, 0.2) is 24.3 Å². The summed E-state index contributed by atoms with van der Waals surface area (Å²) < 4.78 is 5.17. The normalized spacial score (nSPS) is 11.4. The van der Waals surface area contributed by atoms with Gasteiger partial charge in [-0.15, -0.1) is 0 Å². The van der Waals surface area contributed by atoms with E-state index in [1.807, 2.05) is 79.7 Å². The molecule has 2 aromatic rings. The Balaban J connectivity index is 0.00000254. The minimum absolute atomic E-state index is 0.0277. The molecule has 0 heterocycles. The Morgan fingerprint density at radius 2 is 1.12 bits per heavy atom. The summed E-state index contributed by atoms with van der Waals surface area (Å²) in [5, 5.41) is 28.2. The molecule has 224 valence electrons. The topological polar surface area (TPSA) is 123 Å². The first-order valence-corrected chi connectivity index (χ1v) is 13.8. The van der Waals surface area contributed by atoms with E-state index in [4.69, 9.17) is 19.6 Å². The second-order valence-electron chi connectivity index (χ2n) is 11.9. The van der Waals surface area contributed by atoms with Gasteiger partial charge < -0.3 is 20.1 Å². The van der Waals surface area contributed by atoms with Gasteiger partial charge in [-0.3, -0.25) is 9.68 Å². The van der Waals surface area contributed by atoms with E-state index in [1.54, 1.807) is 6.92 Å². The highest BCUT2D eigenvalue weighted by atomic mass is 17.2. The first-order chi connectivity index (χ1) is 18.5. The molecule has 0 aliphatic rings. The molecule has 2 rings (SSSR count). The summed E-state index contributed by atoms with van der Waals surface area (Å²) in [5.74, 6) is -0.329. The van der Waals surface area contributed by atoms with E-state index in [2.05, 4.69) is 0 Å². The van der Waals surface area contributed by atoms with Crippen molar-refractivity contribution in [1.29, 1.82) is 0 Å². The first-order valence-electron chi connectivity index (χ1n) is 13.8. The zero-order valence-electron chi connectivity index (χ0n) is 25.6. The lowest BCUT2D eigenvalue weighted by Gasteiger charge is -2.22. The van der Waals surface area contributed by atoms with Gasteiger partial charge in [0.05, 0.1) is 6.42 Å². The maximum atomic E-state index is 12.1. The van der Waals surface area contributed by atoms with Crippen molar-refractivity contribution in [3.05, 3.63) is 57.6 Å². The molecule has 8 heteroatoms. The molecular formula is C32H48O8. The van der Waals surface area contributed by atoms with E-state index in [0.717, 1.165) is 33.4 Å². The highest BCUT2D eigenvalue weighted by molar-refractivity contribution is 5.70. The predicted octanol–water partition coefficient (Wildman–Crippen LogP) is 5.89. The van der Waals surface area contributed by atoms with Gasteiger partial charge in [0, 0.05) is 13.0 Å². The maximum absolute atomic E-state index is 12.1. The highest BCUT2D eigenvalue weighted by Gasteiger charge is 2.21. The van der Waals surface area contributed by atoms with Crippen LogP contribution in [-0.4, -0.2) is 47.1 Å². The molecule has 2 aromatic carbocycles. The monoisotopic (exact) mass is 560 g/mol. The standard InChI is InChI=1S/C30H42O7.C2H6O/c1-19-15-21(17-23(27(19)33)29(3,4)5)9-11-25(31)35-13-14-36-37-26(32)12-10-22-16-20(2)28(34)24(18-22)30(6,7)8;1-2-3/h15-18,33-34H,9-14H2,1-8H3;3H,2H2,1H3. The third-order valence-corrected chi connectivity index (χ3v) is 6.15. The molecule has 0 amide bonds. The van der Waals surface area contributed by atoms with Crippen molar-refractivity contribution in [2.24, 2.45) is 0 Å². The smallest absolute Gasteiger partial charge is 0.342 e. The Morgan fingerprint density at radius 1 is 0.725 bits per heavy atom. The van der Waals surface area contributed by atoms with Gasteiger partial charge >= 0.3 is 11.9 Å². The van der Waals surface area contributed by atoms with Gasteiger partial charge in [-0.2, -0.15) is 4.89 Å². The van der Waals surface area contributed by atoms with Gasteiger partial charge in [-0.05, 0) is 77.8 Å². The van der Waals surface area contributed by atoms with E-state index in [1.165, 1.54) is 0 Å². The zero-order chi connectivity index (χ0) is 30.7. The van der Waals surface area contributed by atoms with Gasteiger partial charge in [0.1, 0.15) is 24.7 Å². The third kappa shape index (κ3) is 11.6. The number of phenols is 2. The van der Waals surface area contributed by atoms with Crippen molar-refractivity contribution >= 4 is 11.9 Å². The number of phenolic OH excluding ortho intramolecular Hbond substituents is 2. The molecule has 0 bridgehead atoms. The van der Waals surface area contributed by atoms with Crippen LogP contribution < -0.4 is 0 Å². The Labute approximate surface area is 239 Å². The van der Waals surface area contributed by atoms with E-state index in [9.17, 15) is 19.8 Å². The number of hydrogen-bond donors (Lipinski definition) is 3. The number of aryl methyl sites for hydroxylation is 4. The first kappa shape index (κ1) is 34.9. The van der Waals surface area contributed by atoms with E-state index in [0.29, 0.717) is 18.6 Å². The van der Waals surface area contributed by atoms with E-state index in [-0.39, 0.29) is 55.2 Å². The fraction of sp³-hybridized carbons (Fsp3) is 0.562. The SMILES string of the molecule is CCO.Cc1cc(CCC(=O)OCCOOC(=O)CCc2cc(C)c(O)c(C(C)(C)C)c2)cc(C(C)(C)C)c1O. The number of esters is 1. The molecule has 3 N–H and O–H groups in total. The van der Waals surface area contributed by atoms with Crippen LogP contribution in [0.4, 0.5) is 0 Å². The Kier molecular flexibility index (Phi) is 13.6. The molecule has 0 radical (unpaired) electrons. The lowest BCUT2D eigenvalue weighted by Crippen LogP contribution is -2.15. The number of ether oxygens (including phenoxy) is 1. The number of aliphatic hydroxyl groups excluding tert-OH is 1. The van der Waals surface area contributed by atoms with Crippen molar-refractivity contribution in [3.8, 4) is 11.5 Å². The van der Waals surface area contributed by atoms with Crippen LogP contribution in [0.3, 0.4) is 0 Å². The summed E-state index contributed by atoms with van der Waals surface area (Å²) in [6, 6.07) is 7.59. The number of carbonyl (C=O) groups is 2. The molecule has 40 heavy (non-hydrogen) atoms. The number of aromatic hydroxyl groups is 2. The summed E-state index contributed by atoms with van der Waals surface area (Å²) >= 11 is 0. The quantitative estimate of drug-likeness (QED) is 0.142. The molecule has 0 fully saturated rings. The summed E-state index contributed by atoms with van der Waals surface area (Å²) in [5.41, 5.74) is 4.70. The van der Waals surface area contributed by atoms with Crippen LogP contribution in [0, 0.1) is 13.8 Å².